The Bertz CT molecular complexity index is 643. The van der Waals surface area contributed by atoms with E-state index in [0.29, 0.717) is 0 Å². The van der Waals surface area contributed by atoms with Gasteiger partial charge in [-0.05, 0) is 62.3 Å². The van der Waals surface area contributed by atoms with E-state index in [4.69, 9.17) is 11.6 Å². The number of aryl methyl sites for hydroxylation is 2. The molecule has 1 aliphatic carbocycles. The number of fused-ring (bicyclic) bond motifs is 1. The monoisotopic (exact) mass is 364 g/mol. The van der Waals surface area contributed by atoms with Gasteiger partial charge in [0.2, 0.25) is 11.8 Å². The molecule has 4 nitrogen and oxygen atoms in total. The molecule has 5 heteroatoms. The Hall–Kier alpha value is -1.55. The van der Waals surface area contributed by atoms with Crippen LogP contribution >= 0.6 is 11.6 Å². The van der Waals surface area contributed by atoms with E-state index in [9.17, 15) is 9.59 Å². The van der Waals surface area contributed by atoms with Gasteiger partial charge in [0.15, 0.2) is 0 Å². The molecule has 2 unspecified atom stereocenters. The van der Waals surface area contributed by atoms with Crippen molar-refractivity contribution < 1.29 is 9.59 Å². The van der Waals surface area contributed by atoms with Crippen LogP contribution in [0.15, 0.2) is 18.2 Å². The second kappa shape index (κ2) is 8.22. The predicted octanol–water partition coefficient (Wildman–Crippen LogP) is 3.91. The van der Waals surface area contributed by atoms with Crippen LogP contribution in [-0.2, 0) is 22.4 Å². The van der Waals surface area contributed by atoms with Gasteiger partial charge >= 0.3 is 0 Å². The molecule has 25 heavy (non-hydrogen) atoms. The van der Waals surface area contributed by atoms with Crippen molar-refractivity contribution in [3.8, 4) is 0 Å². The van der Waals surface area contributed by atoms with E-state index in [1.807, 2.05) is 19.9 Å². The number of carbonyl (C=O) groups is 2. The van der Waals surface area contributed by atoms with Gasteiger partial charge in [-0.1, -0.05) is 26.3 Å². The molecular formula is C20H29ClN2O2. The highest BCUT2D eigenvalue weighted by molar-refractivity contribution is 6.20. The second-order valence-electron chi connectivity index (χ2n) is 7.68. The highest BCUT2D eigenvalue weighted by atomic mass is 35.5. The van der Waals surface area contributed by atoms with Gasteiger partial charge in [-0.2, -0.15) is 0 Å². The number of alkyl halides is 1. The van der Waals surface area contributed by atoms with Crippen molar-refractivity contribution >= 4 is 29.1 Å². The number of hydrogen-bond acceptors (Lipinski definition) is 2. The first kappa shape index (κ1) is 19.8. The van der Waals surface area contributed by atoms with Crippen LogP contribution in [0.3, 0.4) is 0 Å². The van der Waals surface area contributed by atoms with Crippen LogP contribution < -0.4 is 10.6 Å². The molecular weight excluding hydrogens is 336 g/mol. The molecule has 2 amide bonds. The molecule has 2 rings (SSSR count). The molecule has 1 aromatic rings. The summed E-state index contributed by atoms with van der Waals surface area (Å²) in [6, 6.07) is 5.51. The lowest BCUT2D eigenvalue weighted by molar-refractivity contribution is -0.132. The fourth-order valence-electron chi connectivity index (χ4n) is 2.97. The van der Waals surface area contributed by atoms with Gasteiger partial charge in [0.1, 0.15) is 6.04 Å². The third-order valence-electron chi connectivity index (χ3n) is 5.10. The Balaban J connectivity index is 2.11. The molecule has 0 aliphatic heterocycles. The normalized spacial score (nSPS) is 16.0. The summed E-state index contributed by atoms with van der Waals surface area (Å²) in [6.07, 6.45) is 4.15. The minimum absolute atomic E-state index is 0.0319. The minimum Gasteiger partial charge on any atom is -0.344 e. The zero-order valence-corrected chi connectivity index (χ0v) is 16.4. The van der Waals surface area contributed by atoms with E-state index >= 15 is 0 Å². The third-order valence-corrected chi connectivity index (χ3v) is 5.76. The van der Waals surface area contributed by atoms with Gasteiger partial charge in [-0.3, -0.25) is 9.59 Å². The maximum atomic E-state index is 12.8. The number of amides is 2. The standard InChI is InChI=1S/C20H29ClN2O2/c1-5-13(2)17(23-19(25)20(3,4)12-21)18(24)22-16-10-9-14-7-6-8-15(14)11-16/h9-11,13,17H,5-8,12H2,1-4H3,(H,22,24)(H,23,25). The molecule has 2 N–H and O–H groups in total. The van der Waals surface area contributed by atoms with Gasteiger partial charge in [0.25, 0.3) is 0 Å². The van der Waals surface area contributed by atoms with Crippen LogP contribution in [0.4, 0.5) is 5.69 Å². The molecule has 0 saturated heterocycles. The smallest absolute Gasteiger partial charge is 0.247 e. The average molecular weight is 365 g/mol. The van der Waals surface area contributed by atoms with E-state index in [0.717, 1.165) is 24.9 Å². The van der Waals surface area contributed by atoms with Gasteiger partial charge < -0.3 is 10.6 Å². The van der Waals surface area contributed by atoms with Crippen molar-refractivity contribution in [3.05, 3.63) is 29.3 Å². The minimum atomic E-state index is -0.707. The van der Waals surface area contributed by atoms with Crippen LogP contribution in [0.25, 0.3) is 0 Å². The van der Waals surface area contributed by atoms with Gasteiger partial charge in [0, 0.05) is 11.6 Å². The van der Waals surface area contributed by atoms with Crippen molar-refractivity contribution in [1.82, 2.24) is 5.32 Å². The Morgan fingerprint density at radius 3 is 2.56 bits per heavy atom. The fourth-order valence-corrected chi connectivity index (χ4v) is 3.09. The third kappa shape index (κ3) is 4.75. The SMILES string of the molecule is CCC(C)C(NC(=O)C(C)(C)CCl)C(=O)Nc1ccc2c(c1)CCC2. The van der Waals surface area contributed by atoms with E-state index in [1.54, 1.807) is 13.8 Å². The number of benzene rings is 1. The number of carbonyl (C=O) groups excluding carboxylic acids is 2. The number of rotatable bonds is 7. The summed E-state index contributed by atoms with van der Waals surface area (Å²) in [6.45, 7) is 7.54. The maximum absolute atomic E-state index is 12.8. The summed E-state index contributed by atoms with van der Waals surface area (Å²) >= 11 is 5.89. The summed E-state index contributed by atoms with van der Waals surface area (Å²) in [5.74, 6) is -0.134. The van der Waals surface area contributed by atoms with Gasteiger partial charge in [-0.25, -0.2) is 0 Å². The number of anilines is 1. The first-order valence-corrected chi connectivity index (χ1v) is 9.61. The zero-order valence-electron chi connectivity index (χ0n) is 15.6. The van der Waals surface area contributed by atoms with E-state index in [2.05, 4.69) is 22.8 Å². The van der Waals surface area contributed by atoms with Crippen LogP contribution in [0.1, 0.15) is 51.7 Å². The van der Waals surface area contributed by atoms with Gasteiger partial charge in [-0.15, -0.1) is 11.6 Å². The van der Waals surface area contributed by atoms with Crippen molar-refractivity contribution in [2.24, 2.45) is 11.3 Å². The lowest BCUT2D eigenvalue weighted by Crippen LogP contribution is -2.51. The Labute approximate surface area is 155 Å². The van der Waals surface area contributed by atoms with Crippen LogP contribution in [0, 0.1) is 11.3 Å². The molecule has 0 spiro atoms. The van der Waals surface area contributed by atoms with E-state index < -0.39 is 11.5 Å². The molecule has 0 radical (unpaired) electrons. The summed E-state index contributed by atoms with van der Waals surface area (Å²) in [7, 11) is 0. The van der Waals surface area contributed by atoms with E-state index in [-0.39, 0.29) is 23.6 Å². The zero-order chi connectivity index (χ0) is 18.6. The number of halogens is 1. The summed E-state index contributed by atoms with van der Waals surface area (Å²) in [5, 5.41) is 5.87. The average Bonchev–Trinajstić information content (AvgIpc) is 3.06. The van der Waals surface area contributed by atoms with E-state index in [1.165, 1.54) is 17.5 Å². The van der Waals surface area contributed by atoms with Crippen LogP contribution in [0.5, 0.6) is 0 Å². The highest BCUT2D eigenvalue weighted by Gasteiger charge is 2.33. The van der Waals surface area contributed by atoms with Crippen LogP contribution in [-0.4, -0.2) is 23.7 Å². The Kier molecular flexibility index (Phi) is 6.50. The lowest BCUT2D eigenvalue weighted by Gasteiger charge is -2.28. The predicted molar refractivity (Wildman–Crippen MR) is 103 cm³/mol. The lowest BCUT2D eigenvalue weighted by atomic mass is 9.92. The van der Waals surface area contributed by atoms with Crippen LogP contribution in [0.2, 0.25) is 0 Å². The van der Waals surface area contributed by atoms with Crippen molar-refractivity contribution in [3.63, 3.8) is 0 Å². The molecule has 2 atom stereocenters. The quantitative estimate of drug-likeness (QED) is 0.720. The maximum Gasteiger partial charge on any atom is 0.247 e. The van der Waals surface area contributed by atoms with Crippen molar-refractivity contribution in [2.45, 2.75) is 59.4 Å². The van der Waals surface area contributed by atoms with Crippen molar-refractivity contribution in [1.29, 1.82) is 0 Å². The first-order chi connectivity index (χ1) is 11.8. The summed E-state index contributed by atoms with van der Waals surface area (Å²) < 4.78 is 0. The Morgan fingerprint density at radius 1 is 1.24 bits per heavy atom. The number of nitrogens with one attached hydrogen (secondary N) is 2. The summed E-state index contributed by atoms with van der Waals surface area (Å²) in [5.41, 5.74) is 2.77. The Morgan fingerprint density at radius 2 is 1.92 bits per heavy atom. The second-order valence-corrected chi connectivity index (χ2v) is 7.95. The largest absolute Gasteiger partial charge is 0.344 e. The molecule has 1 aromatic carbocycles. The summed E-state index contributed by atoms with van der Waals surface area (Å²) in [4.78, 5) is 25.3. The molecule has 0 fully saturated rings. The first-order valence-electron chi connectivity index (χ1n) is 9.08. The molecule has 0 bridgehead atoms. The molecule has 0 saturated carbocycles. The molecule has 138 valence electrons. The number of hydrogen-bond donors (Lipinski definition) is 2. The van der Waals surface area contributed by atoms with Gasteiger partial charge in [0.05, 0.1) is 5.41 Å². The fraction of sp³-hybridized carbons (Fsp3) is 0.600. The topological polar surface area (TPSA) is 58.2 Å². The highest BCUT2D eigenvalue weighted by Crippen LogP contribution is 2.25. The van der Waals surface area contributed by atoms with Crippen molar-refractivity contribution in [2.75, 3.05) is 11.2 Å². The molecule has 0 aromatic heterocycles. The molecule has 0 heterocycles. The molecule has 1 aliphatic rings.